The first-order valence-electron chi connectivity index (χ1n) is 8.52. The number of guanidine groups is 1. The number of carbonyl (C=O) groups excluding carboxylic acids is 1. The number of nitrogens with zero attached hydrogens (tertiary/aromatic N) is 2. The fraction of sp³-hybridized carbons (Fsp3) is 0.474. The zero-order chi connectivity index (χ0) is 17.8. The molecule has 0 unspecified atom stereocenters. The molecule has 0 atom stereocenters. The molecular formula is C19H31IN4O. The molecule has 1 aromatic carbocycles. The first kappa shape index (κ1) is 23.4. The third-order valence-corrected chi connectivity index (χ3v) is 3.61. The summed E-state index contributed by atoms with van der Waals surface area (Å²) < 4.78 is 0. The summed E-state index contributed by atoms with van der Waals surface area (Å²) in [7, 11) is 3.81. The van der Waals surface area contributed by atoms with Crippen LogP contribution in [0.1, 0.15) is 38.2 Å². The van der Waals surface area contributed by atoms with Crippen molar-refractivity contribution >= 4 is 41.5 Å². The maximum atomic E-state index is 11.7. The van der Waals surface area contributed by atoms with Gasteiger partial charge in [-0.1, -0.05) is 25.1 Å². The molecule has 2 N–H and O–H groups in total. The third kappa shape index (κ3) is 9.48. The summed E-state index contributed by atoms with van der Waals surface area (Å²) in [6, 6.07) is 7.89. The maximum Gasteiger partial charge on any atom is 0.224 e. The number of anilines is 1. The highest BCUT2D eigenvalue weighted by molar-refractivity contribution is 14.0. The van der Waals surface area contributed by atoms with E-state index >= 15 is 0 Å². The molecule has 0 aliphatic rings. The van der Waals surface area contributed by atoms with Crippen LogP contribution in [0, 0.1) is 0 Å². The van der Waals surface area contributed by atoms with Gasteiger partial charge in [-0.25, -0.2) is 0 Å². The summed E-state index contributed by atoms with van der Waals surface area (Å²) in [6.45, 7) is 7.33. The standard InChI is InChI=1S/C19H30N4O.HI/c1-5-7-8-13-23(4)19(20-3)21-15-16-11-9-12-17(14-16)22-18(24)10-6-2;/h5,9,11-12,14H,1,6-8,10,13,15H2,2-4H3,(H,20,21)(H,22,24);1H. The van der Waals surface area contributed by atoms with E-state index in [2.05, 4.69) is 27.1 Å². The maximum absolute atomic E-state index is 11.7. The number of hydrogen-bond acceptors (Lipinski definition) is 2. The van der Waals surface area contributed by atoms with E-state index in [9.17, 15) is 4.79 Å². The molecule has 0 saturated carbocycles. The largest absolute Gasteiger partial charge is 0.352 e. The molecular weight excluding hydrogens is 427 g/mol. The second-order valence-electron chi connectivity index (χ2n) is 5.75. The summed E-state index contributed by atoms with van der Waals surface area (Å²) in [4.78, 5) is 18.1. The fourth-order valence-corrected chi connectivity index (χ4v) is 2.35. The smallest absolute Gasteiger partial charge is 0.224 e. The van der Waals surface area contributed by atoms with Crippen LogP contribution in [0.15, 0.2) is 41.9 Å². The second kappa shape index (κ2) is 13.7. The topological polar surface area (TPSA) is 56.7 Å². The van der Waals surface area contributed by atoms with Crippen LogP contribution < -0.4 is 10.6 Å². The van der Waals surface area contributed by atoms with Crippen LogP contribution in [-0.4, -0.2) is 37.4 Å². The Bertz CT molecular complexity index is 560. The summed E-state index contributed by atoms with van der Waals surface area (Å²) in [5.74, 6) is 0.917. The molecule has 1 aromatic rings. The predicted molar refractivity (Wildman–Crippen MR) is 118 cm³/mol. The van der Waals surface area contributed by atoms with E-state index in [1.54, 1.807) is 7.05 Å². The van der Waals surface area contributed by atoms with Crippen molar-refractivity contribution in [3.63, 3.8) is 0 Å². The van der Waals surface area contributed by atoms with E-state index in [0.717, 1.165) is 43.0 Å². The van der Waals surface area contributed by atoms with E-state index < -0.39 is 0 Å². The average molecular weight is 458 g/mol. The predicted octanol–water partition coefficient (Wildman–Crippen LogP) is 4.02. The van der Waals surface area contributed by atoms with Crippen LogP contribution in [0.3, 0.4) is 0 Å². The van der Waals surface area contributed by atoms with Crippen LogP contribution in [0.2, 0.25) is 0 Å². The van der Waals surface area contributed by atoms with Gasteiger partial charge in [-0.05, 0) is 37.0 Å². The van der Waals surface area contributed by atoms with E-state index in [-0.39, 0.29) is 29.9 Å². The highest BCUT2D eigenvalue weighted by atomic mass is 127. The van der Waals surface area contributed by atoms with Crippen LogP contribution >= 0.6 is 24.0 Å². The van der Waals surface area contributed by atoms with Gasteiger partial charge in [-0.2, -0.15) is 0 Å². The van der Waals surface area contributed by atoms with E-state index in [4.69, 9.17) is 0 Å². The first-order valence-corrected chi connectivity index (χ1v) is 8.52. The number of benzene rings is 1. The van der Waals surface area contributed by atoms with Gasteiger partial charge in [0.15, 0.2) is 5.96 Å². The van der Waals surface area contributed by atoms with E-state index in [1.165, 1.54) is 0 Å². The van der Waals surface area contributed by atoms with Gasteiger partial charge in [0.25, 0.3) is 0 Å². The first-order chi connectivity index (χ1) is 11.6. The van der Waals surface area contributed by atoms with Crippen molar-refractivity contribution in [2.75, 3.05) is 26.0 Å². The Kier molecular flexibility index (Phi) is 12.8. The van der Waals surface area contributed by atoms with Crippen molar-refractivity contribution in [1.82, 2.24) is 10.2 Å². The molecule has 6 heteroatoms. The molecule has 0 fully saturated rings. The van der Waals surface area contributed by atoms with Crippen LogP contribution in [0.5, 0.6) is 0 Å². The Morgan fingerprint density at radius 2 is 2.16 bits per heavy atom. The fourth-order valence-electron chi connectivity index (χ4n) is 2.35. The van der Waals surface area contributed by atoms with Gasteiger partial charge < -0.3 is 15.5 Å². The molecule has 25 heavy (non-hydrogen) atoms. The van der Waals surface area contributed by atoms with E-state index in [0.29, 0.717) is 13.0 Å². The van der Waals surface area contributed by atoms with Gasteiger partial charge in [-0.15, -0.1) is 30.6 Å². The normalized spacial score (nSPS) is 10.6. The van der Waals surface area contributed by atoms with Gasteiger partial charge in [0.1, 0.15) is 0 Å². The molecule has 0 aliphatic heterocycles. The number of rotatable bonds is 9. The van der Waals surface area contributed by atoms with Crippen molar-refractivity contribution in [1.29, 1.82) is 0 Å². The monoisotopic (exact) mass is 458 g/mol. The number of halogens is 1. The molecule has 0 radical (unpaired) electrons. The molecule has 0 aromatic heterocycles. The molecule has 0 heterocycles. The van der Waals surface area contributed by atoms with Crippen LogP contribution in [0.4, 0.5) is 5.69 Å². The summed E-state index contributed by atoms with van der Waals surface area (Å²) in [6.07, 6.45) is 5.38. The van der Waals surface area contributed by atoms with Gasteiger partial charge in [0.2, 0.25) is 5.91 Å². The number of unbranched alkanes of at least 4 members (excludes halogenated alkanes) is 1. The molecule has 0 saturated heterocycles. The lowest BCUT2D eigenvalue weighted by Crippen LogP contribution is -2.38. The van der Waals surface area contributed by atoms with E-state index in [1.807, 2.05) is 44.3 Å². The quantitative estimate of drug-likeness (QED) is 0.193. The number of allylic oxidation sites excluding steroid dienone is 1. The lowest BCUT2D eigenvalue weighted by Gasteiger charge is -2.22. The minimum Gasteiger partial charge on any atom is -0.352 e. The lowest BCUT2D eigenvalue weighted by atomic mass is 10.2. The third-order valence-electron chi connectivity index (χ3n) is 3.61. The summed E-state index contributed by atoms with van der Waals surface area (Å²) in [5.41, 5.74) is 1.94. The van der Waals surface area contributed by atoms with Gasteiger partial charge in [0, 0.05) is 39.3 Å². The Labute approximate surface area is 169 Å². The number of carbonyl (C=O) groups is 1. The second-order valence-corrected chi connectivity index (χ2v) is 5.75. The number of aliphatic imine (C=N–C) groups is 1. The summed E-state index contributed by atoms with van der Waals surface area (Å²) in [5, 5.41) is 6.28. The molecule has 1 amide bonds. The van der Waals surface area contributed by atoms with Crippen LogP contribution in [-0.2, 0) is 11.3 Å². The van der Waals surface area contributed by atoms with Gasteiger partial charge in [-0.3, -0.25) is 9.79 Å². The zero-order valence-electron chi connectivity index (χ0n) is 15.5. The molecule has 1 rings (SSSR count). The molecule has 0 spiro atoms. The molecule has 5 nitrogen and oxygen atoms in total. The van der Waals surface area contributed by atoms with Crippen molar-refractivity contribution < 1.29 is 4.79 Å². The molecule has 0 aliphatic carbocycles. The molecule has 0 bridgehead atoms. The zero-order valence-corrected chi connectivity index (χ0v) is 17.9. The SMILES string of the molecule is C=CCCCN(C)C(=NC)NCc1cccc(NC(=O)CCC)c1.I. The number of hydrogen-bond donors (Lipinski definition) is 2. The highest BCUT2D eigenvalue weighted by Gasteiger charge is 2.06. The highest BCUT2D eigenvalue weighted by Crippen LogP contribution is 2.11. The Hall–Kier alpha value is -1.57. The van der Waals surface area contributed by atoms with Crippen molar-refractivity contribution in [3.05, 3.63) is 42.5 Å². The Morgan fingerprint density at radius 1 is 1.40 bits per heavy atom. The van der Waals surface area contributed by atoms with Crippen molar-refractivity contribution in [3.8, 4) is 0 Å². The number of nitrogens with one attached hydrogen (secondary N) is 2. The Morgan fingerprint density at radius 3 is 2.80 bits per heavy atom. The minimum absolute atomic E-state index is 0. The summed E-state index contributed by atoms with van der Waals surface area (Å²) >= 11 is 0. The van der Waals surface area contributed by atoms with Crippen molar-refractivity contribution in [2.24, 2.45) is 4.99 Å². The van der Waals surface area contributed by atoms with Gasteiger partial charge in [0.05, 0.1) is 0 Å². The van der Waals surface area contributed by atoms with Gasteiger partial charge >= 0.3 is 0 Å². The molecule has 140 valence electrons. The lowest BCUT2D eigenvalue weighted by molar-refractivity contribution is -0.116. The van der Waals surface area contributed by atoms with Crippen LogP contribution in [0.25, 0.3) is 0 Å². The Balaban J connectivity index is 0.00000576. The average Bonchev–Trinajstić information content (AvgIpc) is 2.56. The van der Waals surface area contributed by atoms with Crippen molar-refractivity contribution in [2.45, 2.75) is 39.2 Å². The number of amides is 1. The minimum atomic E-state index is 0.